The molecule has 0 aliphatic rings. The zero-order valence-electron chi connectivity index (χ0n) is 17.0. The smallest absolute Gasteiger partial charge is 0.262 e. The molecule has 0 saturated heterocycles. The summed E-state index contributed by atoms with van der Waals surface area (Å²) >= 11 is 0. The lowest BCUT2D eigenvalue weighted by atomic mass is 10.1. The van der Waals surface area contributed by atoms with E-state index in [4.69, 9.17) is 4.74 Å². The number of rotatable bonds is 8. The number of ether oxygens (including phenoxy) is 1. The summed E-state index contributed by atoms with van der Waals surface area (Å²) in [4.78, 5) is 26.8. The molecule has 3 rings (SSSR count). The first-order chi connectivity index (χ1) is 15.0. The molecule has 160 valence electrons. The molecular weight excluding hydrogens is 402 g/mol. The van der Waals surface area contributed by atoms with Crippen LogP contribution in [0.1, 0.15) is 22.8 Å². The summed E-state index contributed by atoms with van der Waals surface area (Å²) in [6, 6.07) is 18.4. The van der Waals surface area contributed by atoms with Crippen LogP contribution in [0.25, 0.3) is 0 Å². The van der Waals surface area contributed by atoms with Gasteiger partial charge in [0.2, 0.25) is 0 Å². The van der Waals surface area contributed by atoms with E-state index >= 15 is 0 Å². The van der Waals surface area contributed by atoms with Gasteiger partial charge in [-0.25, -0.2) is 8.78 Å². The summed E-state index contributed by atoms with van der Waals surface area (Å²) in [6.45, 7) is 2.06. The van der Waals surface area contributed by atoms with Gasteiger partial charge in [0.15, 0.2) is 6.61 Å². The third-order valence-corrected chi connectivity index (χ3v) is 4.56. The number of hydrogen-bond acceptors (Lipinski definition) is 3. The van der Waals surface area contributed by atoms with Crippen LogP contribution < -0.4 is 10.1 Å². The van der Waals surface area contributed by atoms with Gasteiger partial charge in [0.25, 0.3) is 11.8 Å². The van der Waals surface area contributed by atoms with E-state index in [9.17, 15) is 18.4 Å². The first-order valence-corrected chi connectivity index (χ1v) is 9.78. The summed E-state index contributed by atoms with van der Waals surface area (Å²) in [7, 11) is 0. The van der Waals surface area contributed by atoms with Gasteiger partial charge in [-0.15, -0.1) is 0 Å². The van der Waals surface area contributed by atoms with Gasteiger partial charge in [-0.1, -0.05) is 36.4 Å². The van der Waals surface area contributed by atoms with Crippen LogP contribution in [0.5, 0.6) is 5.75 Å². The number of hydrogen-bond donors (Lipinski definition) is 1. The van der Waals surface area contributed by atoms with Crippen molar-refractivity contribution in [2.75, 3.05) is 18.5 Å². The topological polar surface area (TPSA) is 58.6 Å². The molecule has 0 unspecified atom stereocenters. The SMILES string of the molecule is CCN(Cc1cccc(F)c1)C(=O)c1ccccc1OCC(=O)Nc1ccccc1F. The molecule has 3 aromatic carbocycles. The van der Waals surface area contributed by atoms with Crippen LogP contribution in [0, 0.1) is 11.6 Å². The van der Waals surface area contributed by atoms with Gasteiger partial charge in [-0.05, 0) is 48.9 Å². The highest BCUT2D eigenvalue weighted by molar-refractivity contribution is 5.97. The number of anilines is 1. The molecule has 7 heteroatoms. The number of nitrogens with one attached hydrogen (secondary N) is 1. The van der Waals surface area contributed by atoms with Crippen molar-refractivity contribution in [2.24, 2.45) is 0 Å². The molecule has 2 amide bonds. The maximum Gasteiger partial charge on any atom is 0.262 e. The fraction of sp³-hybridized carbons (Fsp3) is 0.167. The molecule has 31 heavy (non-hydrogen) atoms. The number of benzene rings is 3. The Morgan fingerprint density at radius 3 is 2.45 bits per heavy atom. The average Bonchev–Trinajstić information content (AvgIpc) is 2.77. The second-order valence-corrected chi connectivity index (χ2v) is 6.76. The van der Waals surface area contributed by atoms with Crippen LogP contribution >= 0.6 is 0 Å². The van der Waals surface area contributed by atoms with E-state index in [-0.39, 0.29) is 35.3 Å². The normalized spacial score (nSPS) is 10.4. The van der Waals surface area contributed by atoms with Crippen molar-refractivity contribution in [2.45, 2.75) is 13.5 Å². The van der Waals surface area contributed by atoms with Crippen LogP contribution in [0.2, 0.25) is 0 Å². The molecule has 0 saturated carbocycles. The minimum Gasteiger partial charge on any atom is -0.483 e. The summed E-state index contributed by atoms with van der Waals surface area (Å²) in [5.41, 5.74) is 0.991. The predicted molar refractivity (Wildman–Crippen MR) is 114 cm³/mol. The van der Waals surface area contributed by atoms with Gasteiger partial charge in [-0.2, -0.15) is 0 Å². The van der Waals surface area contributed by atoms with E-state index in [1.165, 1.54) is 30.3 Å². The Morgan fingerprint density at radius 1 is 0.968 bits per heavy atom. The van der Waals surface area contributed by atoms with Crippen LogP contribution in [-0.2, 0) is 11.3 Å². The molecule has 0 aliphatic carbocycles. The third kappa shape index (κ3) is 5.88. The lowest BCUT2D eigenvalue weighted by Crippen LogP contribution is -2.31. The number of halogens is 2. The van der Waals surface area contributed by atoms with Gasteiger partial charge in [0.1, 0.15) is 17.4 Å². The fourth-order valence-electron chi connectivity index (χ4n) is 3.01. The van der Waals surface area contributed by atoms with Gasteiger partial charge in [0.05, 0.1) is 11.3 Å². The zero-order chi connectivity index (χ0) is 22.2. The lowest BCUT2D eigenvalue weighted by molar-refractivity contribution is -0.118. The second-order valence-electron chi connectivity index (χ2n) is 6.76. The molecule has 1 N–H and O–H groups in total. The minimum absolute atomic E-state index is 0.0488. The van der Waals surface area contributed by atoms with Crippen LogP contribution in [0.15, 0.2) is 72.8 Å². The van der Waals surface area contributed by atoms with Crippen molar-refractivity contribution >= 4 is 17.5 Å². The van der Waals surface area contributed by atoms with Crippen molar-refractivity contribution < 1.29 is 23.1 Å². The molecule has 5 nitrogen and oxygen atoms in total. The summed E-state index contributed by atoms with van der Waals surface area (Å²) in [5, 5.41) is 2.43. The largest absolute Gasteiger partial charge is 0.483 e. The van der Waals surface area contributed by atoms with E-state index in [0.717, 1.165) is 0 Å². The summed E-state index contributed by atoms with van der Waals surface area (Å²) in [5.74, 6) is -1.56. The van der Waals surface area contributed by atoms with Crippen molar-refractivity contribution in [3.8, 4) is 5.75 Å². The number of nitrogens with zero attached hydrogens (tertiary/aromatic N) is 1. The highest BCUT2D eigenvalue weighted by atomic mass is 19.1. The molecule has 3 aromatic rings. The Balaban J connectivity index is 1.69. The van der Waals surface area contributed by atoms with Crippen molar-refractivity contribution in [1.29, 1.82) is 0 Å². The van der Waals surface area contributed by atoms with Crippen LogP contribution in [0.4, 0.5) is 14.5 Å². The van der Waals surface area contributed by atoms with E-state index in [1.807, 2.05) is 6.92 Å². The van der Waals surface area contributed by atoms with Gasteiger partial charge in [-0.3, -0.25) is 9.59 Å². The number of carbonyl (C=O) groups is 2. The van der Waals surface area contributed by atoms with Gasteiger partial charge in [0, 0.05) is 13.1 Å². The van der Waals surface area contributed by atoms with Crippen LogP contribution in [-0.4, -0.2) is 29.9 Å². The maximum absolute atomic E-state index is 13.7. The van der Waals surface area contributed by atoms with Gasteiger partial charge >= 0.3 is 0 Å². The first kappa shape index (κ1) is 22.0. The molecule has 0 bridgehead atoms. The molecule has 0 heterocycles. The van der Waals surface area contributed by atoms with E-state index in [0.29, 0.717) is 12.1 Å². The quantitative estimate of drug-likeness (QED) is 0.573. The fourth-order valence-corrected chi connectivity index (χ4v) is 3.01. The maximum atomic E-state index is 13.7. The second kappa shape index (κ2) is 10.3. The van der Waals surface area contributed by atoms with Crippen molar-refractivity contribution in [3.05, 3.63) is 95.6 Å². The number of para-hydroxylation sites is 2. The standard InChI is InChI=1S/C24H22F2N2O3/c1-2-28(15-17-8-7-9-18(25)14-17)24(30)19-10-3-6-13-22(19)31-16-23(29)27-21-12-5-4-11-20(21)26/h3-14H,2,15-16H2,1H3,(H,27,29). The Bertz CT molecular complexity index is 1070. The molecule has 0 spiro atoms. The van der Waals surface area contributed by atoms with E-state index in [2.05, 4.69) is 5.32 Å². The monoisotopic (exact) mass is 424 g/mol. The number of amides is 2. The Labute approximate surface area is 179 Å². The Morgan fingerprint density at radius 2 is 1.71 bits per heavy atom. The number of carbonyl (C=O) groups excluding carboxylic acids is 2. The average molecular weight is 424 g/mol. The minimum atomic E-state index is -0.556. The highest BCUT2D eigenvalue weighted by Crippen LogP contribution is 2.21. The van der Waals surface area contributed by atoms with Gasteiger partial charge < -0.3 is 15.0 Å². The van der Waals surface area contributed by atoms with Crippen molar-refractivity contribution in [1.82, 2.24) is 4.90 Å². The van der Waals surface area contributed by atoms with E-state index < -0.39 is 18.3 Å². The molecule has 0 radical (unpaired) electrons. The molecule has 0 aliphatic heterocycles. The molecule has 0 fully saturated rings. The van der Waals surface area contributed by atoms with E-state index in [1.54, 1.807) is 47.4 Å². The summed E-state index contributed by atoms with van der Waals surface area (Å²) in [6.07, 6.45) is 0. The lowest BCUT2D eigenvalue weighted by Gasteiger charge is -2.22. The van der Waals surface area contributed by atoms with Crippen LogP contribution in [0.3, 0.4) is 0 Å². The highest BCUT2D eigenvalue weighted by Gasteiger charge is 2.19. The molecule has 0 aromatic heterocycles. The van der Waals surface area contributed by atoms with Crippen molar-refractivity contribution in [3.63, 3.8) is 0 Å². The summed E-state index contributed by atoms with van der Waals surface area (Å²) < 4.78 is 32.7. The first-order valence-electron chi connectivity index (χ1n) is 9.78. The molecular formula is C24H22F2N2O3. The Kier molecular flexibility index (Phi) is 7.32. The predicted octanol–water partition coefficient (Wildman–Crippen LogP) is 4.64. The molecule has 0 atom stereocenters. The Hall–Kier alpha value is -3.74. The zero-order valence-corrected chi connectivity index (χ0v) is 17.0. The third-order valence-electron chi connectivity index (χ3n) is 4.56.